The Morgan fingerprint density at radius 3 is 2.32 bits per heavy atom. The lowest BCUT2D eigenvalue weighted by atomic mass is 9.43. The van der Waals surface area contributed by atoms with Crippen molar-refractivity contribution < 1.29 is 23.7 Å². The quantitative estimate of drug-likeness (QED) is 0.384. The number of fused-ring (bicyclic) bond motifs is 2. The van der Waals surface area contributed by atoms with Crippen LogP contribution in [0.3, 0.4) is 0 Å². The molecule has 3 atom stereocenters. The molecule has 0 aromatic heterocycles. The first-order chi connectivity index (χ1) is 11.5. The maximum Gasteiger partial charge on any atom is 0.230 e. The minimum absolute atomic E-state index is 0.140. The first kappa shape index (κ1) is 19.5. The van der Waals surface area contributed by atoms with Crippen molar-refractivity contribution in [1.82, 2.24) is 0 Å². The molecule has 25 heavy (non-hydrogen) atoms. The molecule has 144 valence electrons. The van der Waals surface area contributed by atoms with E-state index in [1.54, 1.807) is 0 Å². The Morgan fingerprint density at radius 2 is 1.76 bits per heavy atom. The number of carbonyl (C=O) groups is 1. The predicted molar refractivity (Wildman–Crippen MR) is 97.4 cm³/mol. The minimum Gasteiger partial charge on any atom is -0.348 e. The highest BCUT2D eigenvalue weighted by Gasteiger charge is 2.66. The lowest BCUT2D eigenvalue weighted by Gasteiger charge is -2.63. The summed E-state index contributed by atoms with van der Waals surface area (Å²) in [6.45, 7) is 14.1. The summed E-state index contributed by atoms with van der Waals surface area (Å²) in [5.74, 6) is 0.439. The highest BCUT2D eigenvalue weighted by molar-refractivity contribution is 6.69. The minimum atomic E-state index is -1.88. The van der Waals surface area contributed by atoms with Gasteiger partial charge in [-0.15, -0.1) is 0 Å². The van der Waals surface area contributed by atoms with Gasteiger partial charge in [-0.05, 0) is 57.2 Å². The third-order valence-corrected chi connectivity index (χ3v) is 7.04. The zero-order valence-electron chi connectivity index (χ0n) is 16.6. The summed E-state index contributed by atoms with van der Waals surface area (Å²) in [7, 11) is -1.88. The Bertz CT molecular complexity index is 520. The van der Waals surface area contributed by atoms with Crippen LogP contribution in [0.25, 0.3) is 0 Å². The topological polar surface area (TPSA) is 54.0 Å². The summed E-state index contributed by atoms with van der Waals surface area (Å²) in [6, 6.07) is 0. The van der Waals surface area contributed by atoms with E-state index in [-0.39, 0.29) is 17.1 Å². The molecule has 1 saturated heterocycles. The highest BCUT2D eigenvalue weighted by Crippen LogP contribution is 2.63. The normalized spacial score (nSPS) is 36.3. The van der Waals surface area contributed by atoms with Gasteiger partial charge < -0.3 is 9.47 Å². The number of hydrogen-bond acceptors (Lipinski definition) is 5. The van der Waals surface area contributed by atoms with Gasteiger partial charge in [0, 0.05) is 18.8 Å². The van der Waals surface area contributed by atoms with E-state index in [0.717, 1.165) is 19.3 Å². The molecule has 0 spiro atoms. The van der Waals surface area contributed by atoms with Crippen molar-refractivity contribution in [2.75, 3.05) is 13.2 Å². The molecule has 2 bridgehead atoms. The van der Waals surface area contributed by atoms with E-state index >= 15 is 0 Å². The highest BCUT2D eigenvalue weighted by atomic mass is 28.4. The number of rotatable bonds is 7. The van der Waals surface area contributed by atoms with Crippen LogP contribution in [0.1, 0.15) is 52.9 Å². The van der Waals surface area contributed by atoms with Crippen molar-refractivity contribution in [3.05, 3.63) is 0 Å². The molecule has 6 heteroatoms. The van der Waals surface area contributed by atoms with Gasteiger partial charge in [-0.25, -0.2) is 4.89 Å². The molecule has 0 amide bonds. The second kappa shape index (κ2) is 6.41. The molecule has 1 heterocycles. The number of ketones is 1. The van der Waals surface area contributed by atoms with Crippen LogP contribution in [0.2, 0.25) is 19.6 Å². The standard InChI is InChI=1S/C19H34O5Si/c1-17(2)14-12-15(17)19(16(20)13-14,23-24-25(4,5)6)9-7-8-18(3)21-10-11-22-18/h14-15H,7-13H2,1-6H3/t14-,15-,19-/m1/s1. The molecule has 5 nitrogen and oxygen atoms in total. The van der Waals surface area contributed by atoms with Crippen molar-refractivity contribution in [3.8, 4) is 0 Å². The smallest absolute Gasteiger partial charge is 0.230 e. The molecule has 0 N–H and O–H groups in total. The van der Waals surface area contributed by atoms with E-state index in [1.165, 1.54) is 0 Å². The lowest BCUT2D eigenvalue weighted by molar-refractivity contribution is -0.341. The average molecular weight is 371 g/mol. The molecule has 0 radical (unpaired) electrons. The molecule has 1 aliphatic heterocycles. The first-order valence-corrected chi connectivity index (χ1v) is 13.1. The average Bonchev–Trinajstić information content (AvgIpc) is 2.93. The summed E-state index contributed by atoms with van der Waals surface area (Å²) < 4.78 is 17.3. The lowest BCUT2D eigenvalue weighted by Crippen LogP contribution is -2.67. The summed E-state index contributed by atoms with van der Waals surface area (Å²) in [5, 5.41) is 0. The van der Waals surface area contributed by atoms with Crippen molar-refractivity contribution in [3.63, 3.8) is 0 Å². The zero-order valence-corrected chi connectivity index (χ0v) is 17.6. The van der Waals surface area contributed by atoms with Crippen molar-refractivity contribution >= 4 is 14.1 Å². The molecule has 0 unspecified atom stereocenters. The van der Waals surface area contributed by atoms with Crippen molar-refractivity contribution in [2.24, 2.45) is 17.3 Å². The molecule has 4 aliphatic rings. The van der Waals surface area contributed by atoms with Crippen LogP contribution in [-0.2, 0) is 23.7 Å². The molecule has 4 fully saturated rings. The summed E-state index contributed by atoms with van der Waals surface area (Å²) in [6.07, 6.45) is 3.96. The maximum absolute atomic E-state index is 13.0. The Balaban J connectivity index is 1.73. The van der Waals surface area contributed by atoms with Gasteiger partial charge in [-0.2, -0.15) is 0 Å². The fourth-order valence-corrected chi connectivity index (χ4v) is 5.18. The van der Waals surface area contributed by atoms with Gasteiger partial charge in [0.1, 0.15) is 0 Å². The van der Waals surface area contributed by atoms with Crippen LogP contribution in [0.4, 0.5) is 0 Å². The Kier molecular flexibility index (Phi) is 5.00. The van der Waals surface area contributed by atoms with E-state index in [9.17, 15) is 4.79 Å². The van der Waals surface area contributed by atoms with Crippen molar-refractivity contribution in [1.29, 1.82) is 0 Å². The number of ether oxygens (including phenoxy) is 2. The van der Waals surface area contributed by atoms with E-state index in [0.29, 0.717) is 32.0 Å². The number of hydrogen-bond donors (Lipinski definition) is 0. The van der Waals surface area contributed by atoms with Gasteiger partial charge in [-0.1, -0.05) is 13.8 Å². The monoisotopic (exact) mass is 370 g/mol. The second-order valence-corrected chi connectivity index (χ2v) is 14.2. The number of carbonyl (C=O) groups excluding carboxylic acids is 1. The molecule has 4 rings (SSSR count). The van der Waals surface area contributed by atoms with Crippen LogP contribution >= 0.6 is 0 Å². The zero-order chi connectivity index (χ0) is 18.5. The predicted octanol–water partition coefficient (Wildman–Crippen LogP) is 4.08. The van der Waals surface area contributed by atoms with Gasteiger partial charge in [-0.3, -0.25) is 9.37 Å². The molecule has 0 aromatic rings. The van der Waals surface area contributed by atoms with Crippen LogP contribution in [0, 0.1) is 17.3 Å². The Morgan fingerprint density at radius 1 is 1.12 bits per heavy atom. The van der Waals surface area contributed by atoms with E-state index in [1.807, 2.05) is 6.92 Å². The maximum atomic E-state index is 13.0. The fraction of sp³-hybridized carbons (Fsp3) is 0.947. The van der Waals surface area contributed by atoms with E-state index in [2.05, 4.69) is 33.5 Å². The molecule has 3 saturated carbocycles. The largest absolute Gasteiger partial charge is 0.348 e. The Hall–Kier alpha value is -0.273. The fourth-order valence-electron chi connectivity index (χ4n) is 4.78. The Labute approximate surface area is 152 Å². The SMILES string of the molecule is CC1(CCC[C@]2(OO[Si](C)(C)C)C(=O)C[C@H]3C[C@@H]2C3(C)C)OCCO1. The van der Waals surface area contributed by atoms with Gasteiger partial charge in [0.2, 0.25) is 8.32 Å². The van der Waals surface area contributed by atoms with Crippen LogP contribution < -0.4 is 0 Å². The van der Waals surface area contributed by atoms with Crippen LogP contribution in [0.5, 0.6) is 0 Å². The van der Waals surface area contributed by atoms with Crippen molar-refractivity contribution in [2.45, 2.75) is 83.9 Å². The van der Waals surface area contributed by atoms with E-state index in [4.69, 9.17) is 18.9 Å². The summed E-state index contributed by atoms with van der Waals surface area (Å²) >= 11 is 0. The van der Waals surface area contributed by atoms with Gasteiger partial charge >= 0.3 is 0 Å². The van der Waals surface area contributed by atoms with E-state index < -0.39 is 19.7 Å². The molecule has 0 aromatic carbocycles. The van der Waals surface area contributed by atoms with Crippen LogP contribution in [0.15, 0.2) is 0 Å². The van der Waals surface area contributed by atoms with Crippen LogP contribution in [-0.4, -0.2) is 38.7 Å². The van der Waals surface area contributed by atoms with Gasteiger partial charge in [0.05, 0.1) is 13.2 Å². The third kappa shape index (κ3) is 3.61. The first-order valence-electron chi connectivity index (χ1n) is 9.67. The molecular formula is C19H34O5Si. The van der Waals surface area contributed by atoms with Gasteiger partial charge in [0.15, 0.2) is 17.2 Å². The summed E-state index contributed by atoms with van der Waals surface area (Å²) in [5.41, 5.74) is -0.658. The molecular weight excluding hydrogens is 336 g/mol. The third-order valence-electron chi connectivity index (χ3n) is 6.45. The molecule has 3 aliphatic carbocycles. The second-order valence-electron chi connectivity index (χ2n) is 9.79. The van der Waals surface area contributed by atoms with Gasteiger partial charge in [0.25, 0.3) is 0 Å². The summed E-state index contributed by atoms with van der Waals surface area (Å²) in [4.78, 5) is 19.1. The number of Topliss-reactive ketones (excluding diaryl/α,β-unsaturated/α-hetero) is 1.